The molecule has 2 heterocycles. The van der Waals surface area contributed by atoms with Crippen molar-refractivity contribution in [3.05, 3.63) is 82.8 Å². The first-order chi connectivity index (χ1) is 12.2. The predicted molar refractivity (Wildman–Crippen MR) is 103 cm³/mol. The Bertz CT molecular complexity index is 1070. The molecule has 4 rings (SSSR count). The number of H-pyrrole nitrogens is 1. The maximum absolute atomic E-state index is 12.7. The Morgan fingerprint density at radius 3 is 2.44 bits per heavy atom. The monoisotopic (exact) mass is 347 g/mol. The topological polar surface area (TPSA) is 50.7 Å². The lowest BCUT2D eigenvalue weighted by Crippen LogP contribution is -2.20. The van der Waals surface area contributed by atoms with Gasteiger partial charge < -0.3 is 4.98 Å². The average Bonchev–Trinajstić information content (AvgIpc) is 3.09. The molecule has 0 fully saturated rings. The van der Waals surface area contributed by atoms with Crippen molar-refractivity contribution in [1.29, 1.82) is 0 Å². The van der Waals surface area contributed by atoms with E-state index in [1.807, 2.05) is 54.7 Å². The fraction of sp³-hybridized carbons (Fsp3) is 0.100. The molecule has 2 aromatic carbocycles. The molecule has 0 bridgehead atoms. The molecule has 0 aliphatic heterocycles. The van der Waals surface area contributed by atoms with Crippen LogP contribution in [0.25, 0.3) is 22.2 Å². The van der Waals surface area contributed by atoms with Crippen molar-refractivity contribution >= 4 is 22.8 Å². The Kier molecular flexibility index (Phi) is 4.15. The first kappa shape index (κ1) is 15.7. The second-order valence-electron chi connectivity index (χ2n) is 5.82. The van der Waals surface area contributed by atoms with Crippen LogP contribution in [-0.2, 0) is 12.8 Å². The summed E-state index contributed by atoms with van der Waals surface area (Å²) in [7, 11) is 1.77. The summed E-state index contributed by atoms with van der Waals surface area (Å²) in [6.07, 6.45) is 1.86. The van der Waals surface area contributed by atoms with E-state index < -0.39 is 0 Å². The summed E-state index contributed by atoms with van der Waals surface area (Å²) in [5, 5.41) is 0.720. The highest BCUT2D eigenvalue weighted by molar-refractivity contribution is 7.98. The van der Waals surface area contributed by atoms with Crippen molar-refractivity contribution in [3.63, 3.8) is 0 Å². The summed E-state index contributed by atoms with van der Waals surface area (Å²) in [5.41, 5.74) is 4.43. The van der Waals surface area contributed by atoms with E-state index in [4.69, 9.17) is 4.98 Å². The average molecular weight is 347 g/mol. The minimum Gasteiger partial charge on any atom is -0.355 e. The van der Waals surface area contributed by atoms with Crippen molar-refractivity contribution in [2.45, 2.75) is 10.9 Å². The van der Waals surface area contributed by atoms with Crippen LogP contribution in [0.2, 0.25) is 0 Å². The van der Waals surface area contributed by atoms with Gasteiger partial charge in [-0.1, -0.05) is 72.4 Å². The summed E-state index contributed by atoms with van der Waals surface area (Å²) in [4.78, 5) is 20.6. The fourth-order valence-electron chi connectivity index (χ4n) is 2.81. The normalized spacial score (nSPS) is 11.1. The highest BCUT2D eigenvalue weighted by Gasteiger charge is 2.14. The van der Waals surface area contributed by atoms with Crippen LogP contribution >= 0.6 is 11.8 Å². The van der Waals surface area contributed by atoms with Crippen LogP contribution in [0.4, 0.5) is 0 Å². The first-order valence-electron chi connectivity index (χ1n) is 8.04. The number of rotatable bonds is 4. The van der Waals surface area contributed by atoms with Crippen LogP contribution in [0.1, 0.15) is 5.56 Å². The zero-order valence-corrected chi connectivity index (χ0v) is 14.6. The number of nitrogens with one attached hydrogen (secondary N) is 1. The second-order valence-corrected chi connectivity index (χ2v) is 6.77. The van der Waals surface area contributed by atoms with Gasteiger partial charge in [0.25, 0.3) is 5.56 Å². The van der Waals surface area contributed by atoms with Gasteiger partial charge in [0.1, 0.15) is 11.0 Å². The SMILES string of the molecule is Cn1c(SCc2ccccc2)nc2c(-c3ccccc3)c[nH]c2c1=O. The Hall–Kier alpha value is -2.79. The quantitative estimate of drug-likeness (QED) is 0.444. The molecule has 0 saturated carbocycles. The van der Waals surface area contributed by atoms with Gasteiger partial charge in [0.15, 0.2) is 5.16 Å². The lowest BCUT2D eigenvalue weighted by molar-refractivity contribution is 0.725. The second kappa shape index (κ2) is 6.61. The number of benzene rings is 2. The molecular weight excluding hydrogens is 330 g/mol. The van der Waals surface area contributed by atoms with Gasteiger partial charge in [-0.2, -0.15) is 0 Å². The Morgan fingerprint density at radius 1 is 1.04 bits per heavy atom. The van der Waals surface area contributed by atoms with Crippen LogP contribution in [0.5, 0.6) is 0 Å². The molecule has 4 nitrogen and oxygen atoms in total. The molecule has 0 spiro atoms. The summed E-state index contributed by atoms with van der Waals surface area (Å²) in [5.74, 6) is 0.776. The Balaban J connectivity index is 1.77. The maximum atomic E-state index is 12.7. The summed E-state index contributed by atoms with van der Waals surface area (Å²) < 4.78 is 1.61. The summed E-state index contributed by atoms with van der Waals surface area (Å²) in [6.45, 7) is 0. The number of aromatic nitrogens is 3. The standard InChI is InChI=1S/C20H17N3OS/c1-23-19(24)18-17(16(12-21-18)15-10-6-3-7-11-15)22-20(23)25-13-14-8-4-2-5-9-14/h2-12,21H,13H2,1H3. The molecule has 0 aliphatic carbocycles. The minimum absolute atomic E-state index is 0.0530. The summed E-state index contributed by atoms with van der Waals surface area (Å²) >= 11 is 1.57. The number of hydrogen-bond acceptors (Lipinski definition) is 3. The van der Waals surface area contributed by atoms with Gasteiger partial charge in [0.2, 0.25) is 0 Å². The van der Waals surface area contributed by atoms with Crippen LogP contribution in [0.15, 0.2) is 76.8 Å². The van der Waals surface area contributed by atoms with Crippen molar-refractivity contribution < 1.29 is 0 Å². The molecule has 2 aromatic heterocycles. The lowest BCUT2D eigenvalue weighted by atomic mass is 10.1. The molecule has 0 unspecified atom stereocenters. The van der Waals surface area contributed by atoms with Crippen LogP contribution in [0, 0.1) is 0 Å². The van der Waals surface area contributed by atoms with E-state index in [2.05, 4.69) is 17.1 Å². The minimum atomic E-state index is -0.0530. The number of hydrogen-bond donors (Lipinski definition) is 1. The zero-order valence-electron chi connectivity index (χ0n) is 13.8. The zero-order chi connectivity index (χ0) is 17.2. The molecule has 4 aromatic rings. The first-order valence-corrected chi connectivity index (χ1v) is 9.03. The van der Waals surface area contributed by atoms with E-state index in [-0.39, 0.29) is 5.56 Å². The number of nitrogens with zero attached hydrogens (tertiary/aromatic N) is 2. The van der Waals surface area contributed by atoms with Gasteiger partial charge in [-0.3, -0.25) is 9.36 Å². The fourth-order valence-corrected chi connectivity index (χ4v) is 3.73. The van der Waals surface area contributed by atoms with Gasteiger partial charge in [0, 0.05) is 24.6 Å². The molecule has 0 aliphatic rings. The molecule has 0 radical (unpaired) electrons. The molecule has 0 atom stereocenters. The molecule has 1 N–H and O–H groups in total. The number of thioether (sulfide) groups is 1. The van der Waals surface area contributed by atoms with E-state index in [0.717, 1.165) is 27.6 Å². The molecule has 0 saturated heterocycles. The molecule has 25 heavy (non-hydrogen) atoms. The Labute approximate surface area is 149 Å². The highest BCUT2D eigenvalue weighted by Crippen LogP contribution is 2.28. The third-order valence-corrected chi connectivity index (χ3v) is 5.26. The molecule has 124 valence electrons. The van der Waals surface area contributed by atoms with Gasteiger partial charge in [-0.25, -0.2) is 4.98 Å². The van der Waals surface area contributed by atoms with Crippen molar-refractivity contribution in [3.8, 4) is 11.1 Å². The van der Waals surface area contributed by atoms with E-state index in [9.17, 15) is 4.79 Å². The van der Waals surface area contributed by atoms with E-state index in [0.29, 0.717) is 5.52 Å². The van der Waals surface area contributed by atoms with E-state index in [1.165, 1.54) is 5.56 Å². The Morgan fingerprint density at radius 2 is 1.72 bits per heavy atom. The van der Waals surface area contributed by atoms with Crippen molar-refractivity contribution in [2.24, 2.45) is 7.05 Å². The maximum Gasteiger partial charge on any atom is 0.278 e. The van der Waals surface area contributed by atoms with Crippen LogP contribution in [0.3, 0.4) is 0 Å². The third kappa shape index (κ3) is 2.98. The van der Waals surface area contributed by atoms with Gasteiger partial charge in [0.05, 0.1) is 0 Å². The lowest BCUT2D eigenvalue weighted by Gasteiger charge is -2.08. The predicted octanol–water partition coefficient (Wildman–Crippen LogP) is 4.22. The van der Waals surface area contributed by atoms with Crippen molar-refractivity contribution in [2.75, 3.05) is 0 Å². The number of aromatic amines is 1. The van der Waals surface area contributed by atoms with Gasteiger partial charge in [-0.05, 0) is 11.1 Å². The molecular formula is C20H17N3OS. The third-order valence-electron chi connectivity index (χ3n) is 4.16. The van der Waals surface area contributed by atoms with Crippen LogP contribution in [-0.4, -0.2) is 14.5 Å². The highest BCUT2D eigenvalue weighted by atomic mass is 32.2. The van der Waals surface area contributed by atoms with Gasteiger partial charge >= 0.3 is 0 Å². The summed E-state index contributed by atoms with van der Waals surface area (Å²) in [6, 6.07) is 20.2. The van der Waals surface area contributed by atoms with Gasteiger partial charge in [-0.15, -0.1) is 0 Å². The molecule has 0 amide bonds. The molecule has 5 heteroatoms. The van der Waals surface area contributed by atoms with Crippen LogP contribution < -0.4 is 5.56 Å². The largest absolute Gasteiger partial charge is 0.355 e. The number of fused-ring (bicyclic) bond motifs is 1. The van der Waals surface area contributed by atoms with Crippen molar-refractivity contribution in [1.82, 2.24) is 14.5 Å². The van der Waals surface area contributed by atoms with E-state index in [1.54, 1.807) is 23.4 Å². The smallest absolute Gasteiger partial charge is 0.278 e. The van der Waals surface area contributed by atoms with E-state index >= 15 is 0 Å².